The molecule has 0 saturated heterocycles. The minimum atomic E-state index is -5.20. The molecule has 1 amide bonds. The molecule has 0 aliphatic rings. The summed E-state index contributed by atoms with van der Waals surface area (Å²) >= 11 is 0. The van der Waals surface area contributed by atoms with Crippen LogP contribution in [0.3, 0.4) is 0 Å². The molecule has 0 saturated carbocycles. The van der Waals surface area contributed by atoms with Crippen LogP contribution >= 0.6 is 0 Å². The highest BCUT2D eigenvalue weighted by Crippen LogP contribution is 2.36. The van der Waals surface area contributed by atoms with Crippen LogP contribution in [-0.2, 0) is 12.4 Å². The Hall–Kier alpha value is -2.96. The van der Waals surface area contributed by atoms with E-state index in [2.05, 4.69) is 15.0 Å². The molecule has 3 aromatic heterocycles. The Morgan fingerprint density at radius 3 is 2.28 bits per heavy atom. The smallest absolute Gasteiger partial charge is 0.289 e. The predicted molar refractivity (Wildman–Crippen MR) is 69.9 cm³/mol. The van der Waals surface area contributed by atoms with Gasteiger partial charge in [0.1, 0.15) is 17.0 Å². The molecule has 0 atom stereocenters. The van der Waals surface area contributed by atoms with Crippen molar-refractivity contribution < 1.29 is 31.1 Å². The Kier molecular flexibility index (Phi) is 3.56. The van der Waals surface area contributed by atoms with E-state index < -0.39 is 40.8 Å². The summed E-state index contributed by atoms with van der Waals surface area (Å²) in [5, 5.41) is -0.676. The van der Waals surface area contributed by atoms with Crippen LogP contribution in [0.15, 0.2) is 18.3 Å². The van der Waals surface area contributed by atoms with Crippen LogP contribution in [0.2, 0.25) is 0 Å². The maximum absolute atomic E-state index is 13.1. The second-order valence-corrected chi connectivity index (χ2v) is 4.79. The molecule has 0 aliphatic carbocycles. The molecule has 3 heterocycles. The van der Waals surface area contributed by atoms with Gasteiger partial charge < -0.3 is 0 Å². The van der Waals surface area contributed by atoms with Crippen molar-refractivity contribution in [2.75, 3.05) is 0 Å². The van der Waals surface area contributed by atoms with Gasteiger partial charge >= 0.3 is 12.4 Å². The van der Waals surface area contributed by atoms with E-state index >= 15 is 0 Å². The van der Waals surface area contributed by atoms with Gasteiger partial charge in [-0.1, -0.05) is 0 Å². The number of pyridine rings is 1. The number of nitrogens with two attached hydrogens (primary N) is 1. The molecule has 3 rings (SSSR count). The van der Waals surface area contributed by atoms with Gasteiger partial charge in [0.15, 0.2) is 5.69 Å². The Morgan fingerprint density at radius 1 is 1.04 bits per heavy atom. The fourth-order valence-electron chi connectivity index (χ4n) is 2.16. The van der Waals surface area contributed by atoms with Gasteiger partial charge in [0.2, 0.25) is 5.82 Å². The first-order valence-corrected chi connectivity index (χ1v) is 6.37. The first-order chi connectivity index (χ1) is 11.5. The normalized spacial score (nSPS) is 12.8. The second-order valence-electron chi connectivity index (χ2n) is 4.79. The zero-order chi connectivity index (χ0) is 18.6. The SMILES string of the molecule is NNC(=O)c1cn2c(ccc3c(C(F)(F)F)nc(C(F)(F)F)nc32)n1. The van der Waals surface area contributed by atoms with Crippen LogP contribution in [0.25, 0.3) is 16.7 Å². The fraction of sp³-hybridized carbons (Fsp3) is 0.167. The maximum atomic E-state index is 13.1. The van der Waals surface area contributed by atoms with Crippen molar-refractivity contribution in [1.29, 1.82) is 0 Å². The molecule has 25 heavy (non-hydrogen) atoms. The van der Waals surface area contributed by atoms with Crippen molar-refractivity contribution in [2.45, 2.75) is 12.4 Å². The number of nitrogens with one attached hydrogen (secondary N) is 1. The highest BCUT2D eigenvalue weighted by atomic mass is 19.4. The van der Waals surface area contributed by atoms with Gasteiger partial charge in [0.05, 0.1) is 0 Å². The third kappa shape index (κ3) is 2.82. The molecule has 0 spiro atoms. The summed E-state index contributed by atoms with van der Waals surface area (Å²) in [6.07, 6.45) is -9.42. The zero-order valence-corrected chi connectivity index (χ0v) is 11.8. The molecule has 3 aromatic rings. The number of carbonyl (C=O) groups is 1. The number of aromatic nitrogens is 4. The van der Waals surface area contributed by atoms with Gasteiger partial charge in [0, 0.05) is 11.6 Å². The van der Waals surface area contributed by atoms with Gasteiger partial charge in [-0.05, 0) is 12.1 Å². The number of hydrazine groups is 1. The maximum Gasteiger partial charge on any atom is 0.451 e. The molecule has 3 N–H and O–H groups in total. The molecule has 0 bridgehead atoms. The number of alkyl halides is 6. The summed E-state index contributed by atoms with van der Waals surface area (Å²) in [4.78, 5) is 21.0. The van der Waals surface area contributed by atoms with Crippen LogP contribution in [0.4, 0.5) is 26.3 Å². The number of nitrogen functional groups attached to an aromatic ring is 1. The zero-order valence-electron chi connectivity index (χ0n) is 11.8. The standard InChI is InChI=1S/C12H6F6N6O/c13-11(14,15)7-4-1-2-6-20-5(9(25)23-19)3-24(6)8(4)22-10(21-7)12(16,17)18/h1-3H,19H2,(H,23,25). The lowest BCUT2D eigenvalue weighted by Gasteiger charge is -2.13. The summed E-state index contributed by atoms with van der Waals surface area (Å²) in [7, 11) is 0. The van der Waals surface area contributed by atoms with E-state index in [0.29, 0.717) is 0 Å². The predicted octanol–water partition coefficient (Wildman–Crippen LogP) is 1.92. The third-order valence-electron chi connectivity index (χ3n) is 3.17. The van der Waals surface area contributed by atoms with E-state index in [1.807, 2.05) is 0 Å². The Labute approximate surface area is 133 Å². The van der Waals surface area contributed by atoms with E-state index in [0.717, 1.165) is 22.7 Å². The molecule has 7 nitrogen and oxygen atoms in total. The van der Waals surface area contributed by atoms with Crippen molar-refractivity contribution in [3.05, 3.63) is 35.5 Å². The summed E-state index contributed by atoms with van der Waals surface area (Å²) in [6.45, 7) is 0. The lowest BCUT2D eigenvalue weighted by Crippen LogP contribution is -2.30. The third-order valence-corrected chi connectivity index (χ3v) is 3.17. The number of imidazole rings is 1. The molecule has 0 aromatic carbocycles. The fourth-order valence-corrected chi connectivity index (χ4v) is 2.16. The minimum Gasteiger partial charge on any atom is -0.289 e. The van der Waals surface area contributed by atoms with Crippen molar-refractivity contribution in [3.63, 3.8) is 0 Å². The van der Waals surface area contributed by atoms with Crippen molar-refractivity contribution in [2.24, 2.45) is 5.84 Å². The number of amides is 1. The first kappa shape index (κ1) is 16.9. The highest BCUT2D eigenvalue weighted by Gasteiger charge is 2.41. The van der Waals surface area contributed by atoms with Crippen LogP contribution in [0, 0.1) is 0 Å². The van der Waals surface area contributed by atoms with Gasteiger partial charge in [0.25, 0.3) is 5.91 Å². The second kappa shape index (κ2) is 5.27. The topological polar surface area (TPSA) is 98.2 Å². The summed E-state index contributed by atoms with van der Waals surface area (Å²) in [6, 6.07) is 1.96. The Morgan fingerprint density at radius 2 is 1.72 bits per heavy atom. The number of carbonyl (C=O) groups excluding carboxylic acids is 1. The van der Waals surface area contributed by atoms with Gasteiger partial charge in [-0.3, -0.25) is 14.6 Å². The molecule has 0 fully saturated rings. The highest BCUT2D eigenvalue weighted by molar-refractivity contribution is 5.93. The lowest BCUT2D eigenvalue weighted by molar-refractivity contribution is -0.151. The van der Waals surface area contributed by atoms with Crippen molar-refractivity contribution >= 4 is 22.6 Å². The van der Waals surface area contributed by atoms with Gasteiger partial charge in [-0.25, -0.2) is 20.8 Å². The van der Waals surface area contributed by atoms with E-state index in [1.54, 1.807) is 5.43 Å². The Balaban J connectivity index is 2.43. The number of rotatable bonds is 1. The van der Waals surface area contributed by atoms with E-state index in [4.69, 9.17) is 5.84 Å². The number of halogens is 6. The van der Waals surface area contributed by atoms with Crippen molar-refractivity contribution in [1.82, 2.24) is 24.8 Å². The van der Waals surface area contributed by atoms with Crippen LogP contribution in [0.5, 0.6) is 0 Å². The molecule has 0 aliphatic heterocycles. The lowest BCUT2D eigenvalue weighted by atomic mass is 10.2. The number of hydrogen-bond acceptors (Lipinski definition) is 5. The molecule has 0 radical (unpaired) electrons. The monoisotopic (exact) mass is 364 g/mol. The van der Waals surface area contributed by atoms with E-state index in [-0.39, 0.29) is 11.3 Å². The average molecular weight is 364 g/mol. The number of fused-ring (bicyclic) bond motifs is 3. The molecule has 0 unspecified atom stereocenters. The van der Waals surface area contributed by atoms with E-state index in [1.165, 1.54) is 0 Å². The molecule has 13 heteroatoms. The molecular weight excluding hydrogens is 358 g/mol. The van der Waals surface area contributed by atoms with Crippen LogP contribution in [0.1, 0.15) is 22.0 Å². The van der Waals surface area contributed by atoms with Gasteiger partial charge in [-0.15, -0.1) is 0 Å². The van der Waals surface area contributed by atoms with Crippen LogP contribution < -0.4 is 11.3 Å². The summed E-state index contributed by atoms with van der Waals surface area (Å²) in [5.41, 5.74) is -1.09. The molecule has 132 valence electrons. The number of nitrogens with zero attached hydrogens (tertiary/aromatic N) is 4. The first-order valence-electron chi connectivity index (χ1n) is 6.37. The summed E-state index contributed by atoms with van der Waals surface area (Å²) < 4.78 is 78.8. The van der Waals surface area contributed by atoms with E-state index in [9.17, 15) is 31.1 Å². The molecular formula is C12H6F6N6O. The quantitative estimate of drug-likeness (QED) is 0.298. The van der Waals surface area contributed by atoms with Crippen molar-refractivity contribution in [3.8, 4) is 0 Å². The minimum absolute atomic E-state index is 0.0916. The Bertz CT molecular complexity index is 992. The van der Waals surface area contributed by atoms with Crippen LogP contribution in [-0.4, -0.2) is 25.3 Å². The van der Waals surface area contributed by atoms with Gasteiger partial charge in [-0.2, -0.15) is 26.3 Å². The average Bonchev–Trinajstić information content (AvgIpc) is 2.95. The largest absolute Gasteiger partial charge is 0.451 e. The summed E-state index contributed by atoms with van der Waals surface area (Å²) in [5.74, 6) is 2.09. The number of hydrogen-bond donors (Lipinski definition) is 2.